The molecule has 3 rings (SSSR count). The molecule has 1 N–H and O–H groups in total. The maximum absolute atomic E-state index is 12.4. The number of hydrogen-bond acceptors (Lipinski definition) is 4. The van der Waals surface area contributed by atoms with Gasteiger partial charge < -0.3 is 10.2 Å². The molecule has 7 nitrogen and oxygen atoms in total. The Morgan fingerprint density at radius 1 is 0.929 bits per heavy atom. The summed E-state index contributed by atoms with van der Waals surface area (Å²) in [5.74, 6) is -0.540. The van der Waals surface area contributed by atoms with E-state index in [-0.39, 0.29) is 31.4 Å². The maximum Gasteiger partial charge on any atom is 0.251 e. The fourth-order valence-corrected chi connectivity index (χ4v) is 3.94. The van der Waals surface area contributed by atoms with Crippen LogP contribution in [0.1, 0.15) is 10.4 Å². The third kappa shape index (κ3) is 4.96. The Hall–Kier alpha value is -2.71. The monoisotopic (exact) mass is 401 g/mol. The van der Waals surface area contributed by atoms with Crippen LogP contribution >= 0.6 is 0 Å². The highest BCUT2D eigenvalue weighted by molar-refractivity contribution is 7.88. The van der Waals surface area contributed by atoms with E-state index in [0.29, 0.717) is 18.7 Å². The van der Waals surface area contributed by atoms with Crippen molar-refractivity contribution in [3.05, 3.63) is 60.2 Å². The molecular formula is C20H23N3O4S. The molecule has 0 spiro atoms. The molecule has 0 radical (unpaired) electrons. The predicted octanol–water partition coefficient (Wildman–Crippen LogP) is 1.19. The first kappa shape index (κ1) is 20.0. The number of hydrogen-bond donors (Lipinski definition) is 1. The van der Waals surface area contributed by atoms with E-state index in [9.17, 15) is 18.0 Å². The van der Waals surface area contributed by atoms with E-state index in [2.05, 4.69) is 5.32 Å². The zero-order valence-electron chi connectivity index (χ0n) is 15.7. The van der Waals surface area contributed by atoms with Crippen molar-refractivity contribution in [2.24, 2.45) is 0 Å². The van der Waals surface area contributed by atoms with Crippen LogP contribution in [0.5, 0.6) is 0 Å². The summed E-state index contributed by atoms with van der Waals surface area (Å²) in [7, 11) is -3.24. The molecule has 0 unspecified atom stereocenters. The molecule has 0 aromatic heterocycles. The Kier molecular flexibility index (Phi) is 6.11. The molecule has 28 heavy (non-hydrogen) atoms. The Morgan fingerprint density at radius 2 is 1.57 bits per heavy atom. The molecule has 1 aliphatic heterocycles. The largest absolute Gasteiger partial charge is 0.343 e. The average molecular weight is 401 g/mol. The molecule has 2 aromatic carbocycles. The minimum atomic E-state index is -3.24. The number of rotatable bonds is 5. The van der Waals surface area contributed by atoms with Crippen LogP contribution in [0.3, 0.4) is 0 Å². The molecule has 0 atom stereocenters. The number of carbonyl (C=O) groups is 2. The summed E-state index contributed by atoms with van der Waals surface area (Å²) in [5.41, 5.74) is 2.42. The van der Waals surface area contributed by atoms with Crippen LogP contribution in [0.25, 0.3) is 11.1 Å². The molecule has 148 valence electrons. The highest BCUT2D eigenvalue weighted by Crippen LogP contribution is 2.19. The molecule has 1 heterocycles. The molecule has 1 fully saturated rings. The molecule has 2 aromatic rings. The van der Waals surface area contributed by atoms with Gasteiger partial charge in [0.2, 0.25) is 15.9 Å². The third-order valence-electron chi connectivity index (χ3n) is 4.69. The number of piperazine rings is 1. The minimum Gasteiger partial charge on any atom is -0.343 e. The summed E-state index contributed by atoms with van der Waals surface area (Å²) in [5, 5.41) is 2.65. The molecular weight excluding hydrogens is 378 g/mol. The number of nitrogens with zero attached hydrogens (tertiary/aromatic N) is 2. The van der Waals surface area contributed by atoms with E-state index < -0.39 is 10.0 Å². The second kappa shape index (κ2) is 8.53. The number of amides is 2. The second-order valence-corrected chi connectivity index (χ2v) is 8.65. The first-order valence-corrected chi connectivity index (χ1v) is 10.9. The van der Waals surface area contributed by atoms with E-state index >= 15 is 0 Å². The minimum absolute atomic E-state index is 0.118. The first-order valence-electron chi connectivity index (χ1n) is 9.01. The van der Waals surface area contributed by atoms with Gasteiger partial charge in [0.25, 0.3) is 5.91 Å². The third-order valence-corrected chi connectivity index (χ3v) is 6.00. The zero-order chi connectivity index (χ0) is 20.1. The molecule has 0 saturated carbocycles. The lowest BCUT2D eigenvalue weighted by atomic mass is 10.0. The van der Waals surface area contributed by atoms with Crippen molar-refractivity contribution in [2.75, 3.05) is 39.0 Å². The van der Waals surface area contributed by atoms with Crippen molar-refractivity contribution in [3.63, 3.8) is 0 Å². The summed E-state index contributed by atoms with van der Waals surface area (Å²) < 4.78 is 24.4. The molecule has 0 aliphatic carbocycles. The average Bonchev–Trinajstić information content (AvgIpc) is 2.72. The molecule has 1 saturated heterocycles. The molecule has 0 bridgehead atoms. The van der Waals surface area contributed by atoms with Crippen LogP contribution in [0, 0.1) is 0 Å². The molecule has 1 aliphatic rings. The Labute approximate surface area is 165 Å². The lowest BCUT2D eigenvalue weighted by Gasteiger charge is -2.33. The fraction of sp³-hybridized carbons (Fsp3) is 0.300. The second-order valence-electron chi connectivity index (χ2n) is 6.67. The van der Waals surface area contributed by atoms with Crippen LogP contribution in [0.2, 0.25) is 0 Å². The van der Waals surface area contributed by atoms with E-state index in [4.69, 9.17) is 0 Å². The van der Waals surface area contributed by atoms with Gasteiger partial charge in [0.1, 0.15) is 0 Å². The quantitative estimate of drug-likeness (QED) is 0.815. The van der Waals surface area contributed by atoms with Crippen LogP contribution < -0.4 is 5.32 Å². The summed E-state index contributed by atoms with van der Waals surface area (Å²) in [6, 6.07) is 17.0. The Bertz CT molecular complexity index is 952. The van der Waals surface area contributed by atoms with Crippen molar-refractivity contribution in [1.82, 2.24) is 14.5 Å². The normalized spacial score (nSPS) is 15.2. The van der Waals surface area contributed by atoms with Gasteiger partial charge in [0, 0.05) is 31.7 Å². The van der Waals surface area contributed by atoms with Gasteiger partial charge in [0.05, 0.1) is 12.8 Å². The van der Waals surface area contributed by atoms with Crippen LogP contribution in [0.15, 0.2) is 54.6 Å². The van der Waals surface area contributed by atoms with E-state index in [1.807, 2.05) is 42.5 Å². The van der Waals surface area contributed by atoms with E-state index in [1.54, 1.807) is 17.0 Å². The number of nitrogens with one attached hydrogen (secondary N) is 1. The topological polar surface area (TPSA) is 86.8 Å². The molecule has 8 heteroatoms. The van der Waals surface area contributed by atoms with Gasteiger partial charge in [-0.2, -0.15) is 4.31 Å². The summed E-state index contributed by atoms with van der Waals surface area (Å²) in [6.07, 6.45) is 1.16. The SMILES string of the molecule is CS(=O)(=O)N1CCN(C(=O)CNC(=O)c2cccc(-c3ccccc3)c2)CC1. The van der Waals surface area contributed by atoms with Crippen molar-refractivity contribution in [3.8, 4) is 11.1 Å². The predicted molar refractivity (Wildman–Crippen MR) is 107 cm³/mol. The standard InChI is InChI=1S/C20H23N3O4S/c1-28(26,27)23-12-10-22(11-13-23)19(24)15-21-20(25)18-9-5-8-17(14-18)16-6-3-2-4-7-16/h2-9,14H,10-13,15H2,1H3,(H,21,25). The van der Waals surface area contributed by atoms with Gasteiger partial charge >= 0.3 is 0 Å². The van der Waals surface area contributed by atoms with Crippen molar-refractivity contribution in [2.45, 2.75) is 0 Å². The first-order chi connectivity index (χ1) is 13.3. The number of carbonyl (C=O) groups excluding carboxylic acids is 2. The lowest BCUT2D eigenvalue weighted by molar-refractivity contribution is -0.131. The summed E-state index contributed by atoms with van der Waals surface area (Å²) >= 11 is 0. The zero-order valence-corrected chi connectivity index (χ0v) is 16.5. The highest BCUT2D eigenvalue weighted by Gasteiger charge is 2.26. The smallest absolute Gasteiger partial charge is 0.251 e. The van der Waals surface area contributed by atoms with Crippen molar-refractivity contribution >= 4 is 21.8 Å². The van der Waals surface area contributed by atoms with Crippen molar-refractivity contribution < 1.29 is 18.0 Å². The summed E-state index contributed by atoms with van der Waals surface area (Å²) in [6.45, 7) is 1.08. The van der Waals surface area contributed by atoms with Crippen LogP contribution in [0.4, 0.5) is 0 Å². The van der Waals surface area contributed by atoms with Crippen LogP contribution in [-0.4, -0.2) is 68.4 Å². The van der Waals surface area contributed by atoms with E-state index in [1.165, 1.54) is 4.31 Å². The Morgan fingerprint density at radius 3 is 2.21 bits per heavy atom. The van der Waals surface area contributed by atoms with E-state index in [0.717, 1.165) is 17.4 Å². The van der Waals surface area contributed by atoms with Gasteiger partial charge in [-0.05, 0) is 23.3 Å². The van der Waals surface area contributed by atoms with Gasteiger partial charge in [-0.15, -0.1) is 0 Å². The maximum atomic E-state index is 12.4. The van der Waals surface area contributed by atoms with Gasteiger partial charge in [-0.25, -0.2) is 8.42 Å². The van der Waals surface area contributed by atoms with Gasteiger partial charge in [-0.1, -0.05) is 42.5 Å². The van der Waals surface area contributed by atoms with Crippen molar-refractivity contribution in [1.29, 1.82) is 0 Å². The summed E-state index contributed by atoms with van der Waals surface area (Å²) in [4.78, 5) is 26.3. The Balaban J connectivity index is 1.55. The fourth-order valence-electron chi connectivity index (χ4n) is 3.11. The highest BCUT2D eigenvalue weighted by atomic mass is 32.2. The van der Waals surface area contributed by atoms with Gasteiger partial charge in [-0.3, -0.25) is 9.59 Å². The number of benzene rings is 2. The van der Waals surface area contributed by atoms with Gasteiger partial charge in [0.15, 0.2) is 0 Å². The molecule has 2 amide bonds. The lowest BCUT2D eigenvalue weighted by Crippen LogP contribution is -2.52. The number of sulfonamides is 1. The van der Waals surface area contributed by atoms with Crippen LogP contribution in [-0.2, 0) is 14.8 Å².